The molecule has 4 nitrogen and oxygen atoms in total. The fourth-order valence-electron chi connectivity index (χ4n) is 2.20. The van der Waals surface area contributed by atoms with Gasteiger partial charge >= 0.3 is 0 Å². The molecule has 2 heterocycles. The zero-order chi connectivity index (χ0) is 13.2. The molecule has 98 valence electrons. The lowest BCUT2D eigenvalue weighted by Gasteiger charge is -2.20. The molecule has 0 amide bonds. The summed E-state index contributed by atoms with van der Waals surface area (Å²) in [6, 6.07) is 9.21. The van der Waals surface area contributed by atoms with Crippen LogP contribution in [-0.4, -0.2) is 23.3 Å². The largest absolute Gasteiger partial charge is 0.486 e. The van der Waals surface area contributed by atoms with Gasteiger partial charge in [-0.1, -0.05) is 12.1 Å². The molecule has 1 N–H and O–H groups in total. The van der Waals surface area contributed by atoms with E-state index in [1.807, 2.05) is 37.3 Å². The average molecular weight is 257 g/mol. The molecule has 1 aliphatic rings. The number of fused-ring (bicyclic) bond motifs is 1. The van der Waals surface area contributed by atoms with E-state index in [-0.39, 0.29) is 0 Å². The van der Waals surface area contributed by atoms with Gasteiger partial charge in [0.2, 0.25) is 0 Å². The summed E-state index contributed by atoms with van der Waals surface area (Å²) in [5.41, 5.74) is 2.41. The molecule has 1 unspecified atom stereocenters. The summed E-state index contributed by atoms with van der Waals surface area (Å²) in [7, 11) is 0. The van der Waals surface area contributed by atoms with Gasteiger partial charge < -0.3 is 14.6 Å². The summed E-state index contributed by atoms with van der Waals surface area (Å²) in [4.78, 5) is 4.20. The molecule has 3 rings (SSSR count). The van der Waals surface area contributed by atoms with Crippen molar-refractivity contribution >= 4 is 0 Å². The summed E-state index contributed by atoms with van der Waals surface area (Å²) in [5, 5.41) is 10.4. The highest BCUT2D eigenvalue weighted by molar-refractivity contribution is 5.46. The minimum absolute atomic E-state index is 0.540. The monoisotopic (exact) mass is 257 g/mol. The minimum Gasteiger partial charge on any atom is -0.486 e. The number of aliphatic hydroxyl groups is 1. The highest BCUT2D eigenvalue weighted by atomic mass is 16.6. The maximum Gasteiger partial charge on any atom is 0.161 e. The smallest absolute Gasteiger partial charge is 0.161 e. The maximum absolute atomic E-state index is 10.4. The lowest BCUT2D eigenvalue weighted by Crippen LogP contribution is -2.15. The molecule has 4 heteroatoms. The Balaban J connectivity index is 1.96. The number of pyridine rings is 1. The molecule has 0 spiro atoms. The Morgan fingerprint density at radius 1 is 1.16 bits per heavy atom. The molecule has 1 aromatic heterocycles. The van der Waals surface area contributed by atoms with E-state index in [1.165, 1.54) is 0 Å². The molecule has 0 radical (unpaired) electrons. The summed E-state index contributed by atoms with van der Waals surface area (Å²) in [6.07, 6.45) is 1.01. The predicted octanol–water partition coefficient (Wildman–Crippen LogP) is 2.24. The second-order valence-corrected chi connectivity index (χ2v) is 4.48. The summed E-state index contributed by atoms with van der Waals surface area (Å²) < 4.78 is 11.0. The van der Waals surface area contributed by atoms with Crippen LogP contribution in [-0.2, 0) is 0 Å². The van der Waals surface area contributed by atoms with Crippen molar-refractivity contribution in [2.45, 2.75) is 13.0 Å². The van der Waals surface area contributed by atoms with Crippen LogP contribution in [0.1, 0.15) is 22.9 Å². The minimum atomic E-state index is -0.704. The topological polar surface area (TPSA) is 51.6 Å². The fraction of sp³-hybridized carbons (Fsp3) is 0.267. The second-order valence-electron chi connectivity index (χ2n) is 4.48. The van der Waals surface area contributed by atoms with Crippen LogP contribution in [0.25, 0.3) is 0 Å². The van der Waals surface area contributed by atoms with Crippen molar-refractivity contribution in [3.05, 3.63) is 53.3 Å². The number of aliphatic hydroxyl groups excluding tert-OH is 1. The van der Waals surface area contributed by atoms with Crippen LogP contribution in [0.3, 0.4) is 0 Å². The molecular formula is C15H15NO3. The van der Waals surface area contributed by atoms with E-state index in [2.05, 4.69) is 4.98 Å². The fourth-order valence-corrected chi connectivity index (χ4v) is 2.20. The third-order valence-electron chi connectivity index (χ3n) is 3.22. The van der Waals surface area contributed by atoms with Gasteiger partial charge in [0.25, 0.3) is 0 Å². The molecule has 0 fully saturated rings. The third kappa shape index (κ3) is 2.27. The summed E-state index contributed by atoms with van der Waals surface area (Å²) in [6.45, 7) is 2.99. The van der Waals surface area contributed by atoms with E-state index in [4.69, 9.17) is 9.47 Å². The standard InChI is InChI=1S/C15H15NO3/c1-10-12(3-2-6-16-10)15(17)11-4-5-13-14(9-11)19-8-7-18-13/h2-6,9,15,17H,7-8H2,1H3. The Morgan fingerprint density at radius 3 is 2.74 bits per heavy atom. The van der Waals surface area contributed by atoms with E-state index in [0.29, 0.717) is 19.0 Å². The van der Waals surface area contributed by atoms with Gasteiger partial charge in [-0.3, -0.25) is 4.98 Å². The van der Waals surface area contributed by atoms with E-state index in [1.54, 1.807) is 6.20 Å². The van der Waals surface area contributed by atoms with Crippen LogP contribution in [0.5, 0.6) is 11.5 Å². The quantitative estimate of drug-likeness (QED) is 0.896. The van der Waals surface area contributed by atoms with Crippen LogP contribution in [0.15, 0.2) is 36.5 Å². The lowest BCUT2D eigenvalue weighted by atomic mass is 10.00. The lowest BCUT2D eigenvalue weighted by molar-refractivity contribution is 0.169. The molecule has 2 aromatic rings. The Kier molecular flexibility index (Phi) is 3.09. The number of aryl methyl sites for hydroxylation is 1. The Bertz CT molecular complexity index is 598. The summed E-state index contributed by atoms with van der Waals surface area (Å²) in [5.74, 6) is 1.41. The molecule has 1 atom stereocenters. The van der Waals surface area contributed by atoms with Crippen molar-refractivity contribution in [2.75, 3.05) is 13.2 Å². The molecule has 1 aliphatic heterocycles. The van der Waals surface area contributed by atoms with Gasteiger partial charge in [0.1, 0.15) is 19.3 Å². The van der Waals surface area contributed by atoms with Gasteiger partial charge in [-0.2, -0.15) is 0 Å². The first-order valence-electron chi connectivity index (χ1n) is 6.25. The average Bonchev–Trinajstić information content (AvgIpc) is 2.46. The molecule has 0 bridgehead atoms. The number of benzene rings is 1. The third-order valence-corrected chi connectivity index (χ3v) is 3.22. The number of hydrogen-bond donors (Lipinski definition) is 1. The van der Waals surface area contributed by atoms with Crippen molar-refractivity contribution in [3.63, 3.8) is 0 Å². The van der Waals surface area contributed by atoms with E-state index >= 15 is 0 Å². The van der Waals surface area contributed by atoms with Crippen LogP contribution >= 0.6 is 0 Å². The number of ether oxygens (including phenoxy) is 2. The van der Waals surface area contributed by atoms with Gasteiger partial charge in [0.05, 0.1) is 0 Å². The van der Waals surface area contributed by atoms with E-state index in [9.17, 15) is 5.11 Å². The molecular weight excluding hydrogens is 242 g/mol. The number of aromatic nitrogens is 1. The molecule has 0 saturated carbocycles. The molecule has 19 heavy (non-hydrogen) atoms. The van der Waals surface area contributed by atoms with Crippen LogP contribution < -0.4 is 9.47 Å². The van der Waals surface area contributed by atoms with Gasteiger partial charge in [-0.05, 0) is 30.7 Å². The normalized spacial score (nSPS) is 15.1. The Morgan fingerprint density at radius 2 is 1.95 bits per heavy atom. The highest BCUT2D eigenvalue weighted by Gasteiger charge is 2.17. The van der Waals surface area contributed by atoms with Gasteiger partial charge in [-0.25, -0.2) is 0 Å². The van der Waals surface area contributed by atoms with Crippen molar-refractivity contribution in [2.24, 2.45) is 0 Å². The van der Waals surface area contributed by atoms with Crippen molar-refractivity contribution in [3.8, 4) is 11.5 Å². The first kappa shape index (κ1) is 12.0. The number of rotatable bonds is 2. The zero-order valence-corrected chi connectivity index (χ0v) is 10.7. The van der Waals surface area contributed by atoms with Crippen molar-refractivity contribution in [1.82, 2.24) is 4.98 Å². The van der Waals surface area contributed by atoms with E-state index < -0.39 is 6.10 Å². The van der Waals surface area contributed by atoms with Crippen LogP contribution in [0.4, 0.5) is 0 Å². The van der Waals surface area contributed by atoms with Crippen LogP contribution in [0.2, 0.25) is 0 Å². The van der Waals surface area contributed by atoms with Gasteiger partial charge in [0, 0.05) is 17.5 Å². The Hall–Kier alpha value is -2.07. The second kappa shape index (κ2) is 4.90. The maximum atomic E-state index is 10.4. The van der Waals surface area contributed by atoms with Gasteiger partial charge in [-0.15, -0.1) is 0 Å². The summed E-state index contributed by atoms with van der Waals surface area (Å²) >= 11 is 0. The number of nitrogens with zero attached hydrogens (tertiary/aromatic N) is 1. The molecule has 0 saturated heterocycles. The molecule has 0 aliphatic carbocycles. The van der Waals surface area contributed by atoms with Gasteiger partial charge in [0.15, 0.2) is 11.5 Å². The predicted molar refractivity (Wildman–Crippen MR) is 70.5 cm³/mol. The van der Waals surface area contributed by atoms with Crippen molar-refractivity contribution < 1.29 is 14.6 Å². The zero-order valence-electron chi connectivity index (χ0n) is 10.7. The SMILES string of the molecule is Cc1ncccc1C(O)c1ccc2c(c1)OCCO2. The first-order chi connectivity index (χ1) is 9.25. The van der Waals surface area contributed by atoms with Crippen LogP contribution in [0, 0.1) is 6.92 Å². The first-order valence-corrected chi connectivity index (χ1v) is 6.25. The van der Waals surface area contributed by atoms with Crippen molar-refractivity contribution in [1.29, 1.82) is 0 Å². The van der Waals surface area contributed by atoms with E-state index in [0.717, 1.165) is 22.6 Å². The highest BCUT2D eigenvalue weighted by Crippen LogP contribution is 2.34. The molecule has 1 aromatic carbocycles. The Labute approximate surface area is 111 Å². The number of hydrogen-bond acceptors (Lipinski definition) is 4.